The van der Waals surface area contributed by atoms with Gasteiger partial charge in [0.05, 0.1) is 0 Å². The van der Waals surface area contributed by atoms with Crippen molar-refractivity contribution in [2.24, 2.45) is 17.1 Å². The van der Waals surface area contributed by atoms with E-state index in [2.05, 4.69) is 26.1 Å². The maximum Gasteiger partial charge on any atom is 0.220 e. The van der Waals surface area contributed by atoms with Gasteiger partial charge in [-0.3, -0.25) is 4.79 Å². The molecule has 3 nitrogen and oxygen atoms in total. The summed E-state index contributed by atoms with van der Waals surface area (Å²) in [6, 6.07) is 0.373. The summed E-state index contributed by atoms with van der Waals surface area (Å²) in [6.45, 7) is 7.47. The van der Waals surface area contributed by atoms with Crippen LogP contribution < -0.4 is 11.1 Å². The van der Waals surface area contributed by atoms with Crippen LogP contribution in [-0.2, 0) is 4.79 Å². The molecule has 2 unspecified atom stereocenters. The predicted octanol–water partition coefficient (Wildman–Crippen LogP) is 2.06. The minimum absolute atomic E-state index is 0.169. The average molecular weight is 226 g/mol. The first-order valence-corrected chi connectivity index (χ1v) is 6.44. The molecule has 0 aliphatic heterocycles. The van der Waals surface area contributed by atoms with Gasteiger partial charge >= 0.3 is 0 Å². The zero-order valence-electron chi connectivity index (χ0n) is 10.9. The van der Waals surface area contributed by atoms with Gasteiger partial charge in [-0.05, 0) is 43.6 Å². The van der Waals surface area contributed by atoms with Crippen molar-refractivity contribution in [3.05, 3.63) is 0 Å². The first kappa shape index (κ1) is 13.5. The Bertz CT molecular complexity index is 238. The van der Waals surface area contributed by atoms with Gasteiger partial charge in [0.25, 0.3) is 0 Å². The van der Waals surface area contributed by atoms with Gasteiger partial charge in [0.2, 0.25) is 5.91 Å². The van der Waals surface area contributed by atoms with Crippen molar-refractivity contribution in [3.63, 3.8) is 0 Å². The van der Waals surface area contributed by atoms with Gasteiger partial charge in [-0.15, -0.1) is 0 Å². The van der Waals surface area contributed by atoms with E-state index in [1.807, 2.05) is 0 Å². The fraction of sp³-hybridized carbons (Fsp3) is 0.923. The molecule has 0 aromatic carbocycles. The molecule has 94 valence electrons. The van der Waals surface area contributed by atoms with Crippen LogP contribution in [0.25, 0.3) is 0 Å². The van der Waals surface area contributed by atoms with Crippen LogP contribution in [0, 0.1) is 11.3 Å². The molecular weight excluding hydrogens is 200 g/mol. The van der Waals surface area contributed by atoms with Crippen LogP contribution in [-0.4, -0.2) is 18.5 Å². The first-order chi connectivity index (χ1) is 7.44. The number of amides is 1. The molecule has 16 heavy (non-hydrogen) atoms. The Morgan fingerprint density at radius 2 is 2.19 bits per heavy atom. The third-order valence-electron chi connectivity index (χ3n) is 3.65. The Labute approximate surface area is 99.2 Å². The summed E-state index contributed by atoms with van der Waals surface area (Å²) >= 11 is 0. The molecular formula is C13H26N2O. The SMILES string of the molecule is CC1CC(C)(C)CCC1NC(=O)CCCN. The molecule has 1 rings (SSSR count). The van der Waals surface area contributed by atoms with Crippen molar-refractivity contribution in [1.82, 2.24) is 5.32 Å². The molecule has 1 amide bonds. The highest BCUT2D eigenvalue weighted by Crippen LogP contribution is 2.38. The van der Waals surface area contributed by atoms with Crippen molar-refractivity contribution >= 4 is 5.91 Å². The molecule has 0 saturated heterocycles. The van der Waals surface area contributed by atoms with Gasteiger partial charge in [0.15, 0.2) is 0 Å². The van der Waals surface area contributed by atoms with E-state index < -0.39 is 0 Å². The smallest absolute Gasteiger partial charge is 0.220 e. The van der Waals surface area contributed by atoms with E-state index >= 15 is 0 Å². The molecule has 1 saturated carbocycles. The molecule has 0 bridgehead atoms. The first-order valence-electron chi connectivity index (χ1n) is 6.44. The quantitative estimate of drug-likeness (QED) is 0.771. The van der Waals surface area contributed by atoms with E-state index in [-0.39, 0.29) is 5.91 Å². The van der Waals surface area contributed by atoms with Gasteiger partial charge in [-0.25, -0.2) is 0 Å². The number of carbonyl (C=O) groups excluding carboxylic acids is 1. The summed E-state index contributed by atoms with van der Waals surface area (Å²) in [6.07, 6.45) is 4.89. The largest absolute Gasteiger partial charge is 0.353 e. The van der Waals surface area contributed by atoms with Crippen molar-refractivity contribution in [2.45, 2.75) is 58.9 Å². The minimum Gasteiger partial charge on any atom is -0.353 e. The molecule has 3 N–H and O–H groups in total. The van der Waals surface area contributed by atoms with Gasteiger partial charge in [0.1, 0.15) is 0 Å². The number of nitrogens with one attached hydrogen (secondary N) is 1. The van der Waals surface area contributed by atoms with Crippen molar-refractivity contribution in [1.29, 1.82) is 0 Å². The highest BCUT2D eigenvalue weighted by atomic mass is 16.1. The Morgan fingerprint density at radius 3 is 2.75 bits per heavy atom. The Kier molecular flexibility index (Phi) is 4.78. The predicted molar refractivity (Wildman–Crippen MR) is 67.0 cm³/mol. The molecule has 0 heterocycles. The van der Waals surface area contributed by atoms with Gasteiger partial charge in [-0.1, -0.05) is 20.8 Å². The third-order valence-corrected chi connectivity index (χ3v) is 3.65. The van der Waals surface area contributed by atoms with Crippen LogP contribution in [0.2, 0.25) is 0 Å². The zero-order valence-corrected chi connectivity index (χ0v) is 10.9. The van der Waals surface area contributed by atoms with E-state index in [4.69, 9.17) is 5.73 Å². The van der Waals surface area contributed by atoms with E-state index in [0.29, 0.717) is 30.3 Å². The molecule has 3 heteroatoms. The van der Waals surface area contributed by atoms with Crippen LogP contribution in [0.5, 0.6) is 0 Å². The summed E-state index contributed by atoms with van der Waals surface area (Å²) in [5, 5.41) is 3.15. The molecule has 2 atom stereocenters. The van der Waals surface area contributed by atoms with E-state index in [9.17, 15) is 4.79 Å². The van der Waals surface area contributed by atoms with E-state index in [0.717, 1.165) is 12.8 Å². The lowest BCUT2D eigenvalue weighted by Crippen LogP contribution is -2.44. The standard InChI is InChI=1S/C13H26N2O/c1-10-9-13(2,3)7-6-11(10)15-12(16)5-4-8-14/h10-11H,4-9,14H2,1-3H3,(H,15,16). The van der Waals surface area contributed by atoms with Gasteiger partial charge in [-0.2, -0.15) is 0 Å². The van der Waals surface area contributed by atoms with Crippen LogP contribution >= 0.6 is 0 Å². The van der Waals surface area contributed by atoms with Crippen molar-refractivity contribution in [3.8, 4) is 0 Å². The summed E-state index contributed by atoms with van der Waals surface area (Å²) in [5.74, 6) is 0.757. The Morgan fingerprint density at radius 1 is 1.50 bits per heavy atom. The summed E-state index contributed by atoms with van der Waals surface area (Å²) in [7, 11) is 0. The van der Waals surface area contributed by atoms with Gasteiger partial charge in [0, 0.05) is 12.5 Å². The lowest BCUT2D eigenvalue weighted by atomic mass is 9.70. The summed E-state index contributed by atoms with van der Waals surface area (Å²) in [4.78, 5) is 11.6. The molecule has 0 spiro atoms. The number of hydrogen-bond donors (Lipinski definition) is 2. The normalized spacial score (nSPS) is 28.8. The van der Waals surface area contributed by atoms with Gasteiger partial charge < -0.3 is 11.1 Å². The Hall–Kier alpha value is -0.570. The molecule has 0 radical (unpaired) electrons. The van der Waals surface area contributed by atoms with E-state index in [1.54, 1.807) is 0 Å². The maximum absolute atomic E-state index is 11.6. The topological polar surface area (TPSA) is 55.1 Å². The van der Waals surface area contributed by atoms with Crippen molar-refractivity contribution in [2.75, 3.05) is 6.54 Å². The molecule has 1 aliphatic carbocycles. The van der Waals surface area contributed by atoms with Crippen LogP contribution in [0.15, 0.2) is 0 Å². The van der Waals surface area contributed by atoms with Crippen molar-refractivity contribution < 1.29 is 4.79 Å². The van der Waals surface area contributed by atoms with Crippen LogP contribution in [0.3, 0.4) is 0 Å². The van der Waals surface area contributed by atoms with Crippen LogP contribution in [0.4, 0.5) is 0 Å². The highest BCUT2D eigenvalue weighted by Gasteiger charge is 2.32. The van der Waals surface area contributed by atoms with Crippen LogP contribution in [0.1, 0.15) is 52.9 Å². The number of carbonyl (C=O) groups is 1. The lowest BCUT2D eigenvalue weighted by molar-refractivity contribution is -0.122. The second-order valence-corrected chi connectivity index (χ2v) is 5.95. The fourth-order valence-corrected chi connectivity index (χ4v) is 2.70. The van der Waals surface area contributed by atoms with E-state index in [1.165, 1.54) is 12.8 Å². The molecule has 0 aromatic rings. The monoisotopic (exact) mass is 226 g/mol. The second-order valence-electron chi connectivity index (χ2n) is 5.95. The number of hydrogen-bond acceptors (Lipinski definition) is 2. The molecule has 0 aromatic heterocycles. The fourth-order valence-electron chi connectivity index (χ4n) is 2.70. The number of rotatable bonds is 4. The second kappa shape index (κ2) is 5.67. The lowest BCUT2D eigenvalue weighted by Gasteiger charge is -2.39. The Balaban J connectivity index is 2.35. The highest BCUT2D eigenvalue weighted by molar-refractivity contribution is 5.76. The molecule has 1 fully saturated rings. The summed E-state index contributed by atoms with van der Waals surface area (Å²) in [5.41, 5.74) is 5.84. The average Bonchev–Trinajstić information content (AvgIpc) is 2.18. The minimum atomic E-state index is 0.169. The number of nitrogens with two attached hydrogens (primary N) is 1. The summed E-state index contributed by atoms with van der Waals surface area (Å²) < 4.78 is 0. The maximum atomic E-state index is 11.6. The molecule has 1 aliphatic rings. The third kappa shape index (κ3) is 4.12. The zero-order chi connectivity index (χ0) is 12.2.